The predicted octanol–water partition coefficient (Wildman–Crippen LogP) is 2.07. The minimum absolute atomic E-state index is 0.197. The number of hydrogen-bond donors (Lipinski definition) is 1. The van der Waals surface area contributed by atoms with Crippen LogP contribution in [0, 0.1) is 12.3 Å². The van der Waals surface area contributed by atoms with Crippen LogP contribution in [0.3, 0.4) is 0 Å². The van der Waals surface area contributed by atoms with E-state index in [1.807, 2.05) is 0 Å². The van der Waals surface area contributed by atoms with Gasteiger partial charge in [-0.3, -0.25) is 0 Å². The van der Waals surface area contributed by atoms with E-state index in [4.69, 9.17) is 11.2 Å². The highest BCUT2D eigenvalue weighted by Crippen LogP contribution is 2.28. The third kappa shape index (κ3) is 3.40. The first-order chi connectivity index (χ1) is 7.29. The van der Waals surface area contributed by atoms with Gasteiger partial charge in [-0.05, 0) is 22.4 Å². The first kappa shape index (κ1) is 11.8. The van der Waals surface area contributed by atoms with Crippen LogP contribution >= 0.6 is 15.9 Å². The summed E-state index contributed by atoms with van der Waals surface area (Å²) < 4.78 is 5.93. The van der Waals surface area contributed by atoms with E-state index in [1.165, 1.54) is 6.33 Å². The highest BCUT2D eigenvalue weighted by molar-refractivity contribution is 9.10. The van der Waals surface area contributed by atoms with E-state index in [9.17, 15) is 0 Å². The highest BCUT2D eigenvalue weighted by Gasteiger charge is 2.08. The number of hydrogen-bond acceptors (Lipinski definition) is 4. The van der Waals surface area contributed by atoms with Gasteiger partial charge in [0, 0.05) is 6.54 Å². The lowest BCUT2D eigenvalue weighted by Gasteiger charge is -2.08. The smallest absolute Gasteiger partial charge is 0.234 e. The molecule has 1 N–H and O–H groups in total. The first-order valence-electron chi connectivity index (χ1n) is 4.60. The molecular weight excluding hydrogens is 258 g/mol. The Morgan fingerprint density at radius 3 is 3.07 bits per heavy atom. The molecule has 0 aliphatic heterocycles. The zero-order valence-corrected chi connectivity index (χ0v) is 10.0. The SMILES string of the molecule is C#CCOc1ncnc(NCCC)c1Br. The fourth-order valence-corrected chi connectivity index (χ4v) is 1.39. The molecule has 1 rings (SSSR count). The molecule has 0 aromatic carbocycles. The standard InChI is InChI=1S/C10H12BrN3O/c1-3-5-12-9-8(11)10(14-7-13-9)15-6-4-2/h2,7H,3,5-6H2,1H3,(H,12,13,14). The molecule has 80 valence electrons. The average molecular weight is 270 g/mol. The number of nitrogens with one attached hydrogen (secondary N) is 1. The van der Waals surface area contributed by atoms with E-state index in [2.05, 4.69) is 44.1 Å². The summed E-state index contributed by atoms with van der Waals surface area (Å²) in [5.41, 5.74) is 0. The highest BCUT2D eigenvalue weighted by atomic mass is 79.9. The number of rotatable bonds is 5. The van der Waals surface area contributed by atoms with Gasteiger partial charge < -0.3 is 10.1 Å². The Bertz CT molecular complexity index is 362. The van der Waals surface area contributed by atoms with E-state index < -0.39 is 0 Å². The molecule has 0 aliphatic rings. The maximum atomic E-state index is 5.23. The Morgan fingerprint density at radius 1 is 1.60 bits per heavy atom. The lowest BCUT2D eigenvalue weighted by atomic mass is 10.4. The van der Waals surface area contributed by atoms with E-state index in [-0.39, 0.29) is 6.61 Å². The van der Waals surface area contributed by atoms with Crippen molar-refractivity contribution in [1.29, 1.82) is 0 Å². The second kappa shape index (κ2) is 6.25. The number of nitrogens with zero attached hydrogens (tertiary/aromatic N) is 2. The maximum absolute atomic E-state index is 5.23. The topological polar surface area (TPSA) is 47.0 Å². The number of ether oxygens (including phenoxy) is 1. The second-order valence-electron chi connectivity index (χ2n) is 2.76. The van der Waals surface area contributed by atoms with Crippen LogP contribution < -0.4 is 10.1 Å². The summed E-state index contributed by atoms with van der Waals surface area (Å²) in [5, 5.41) is 3.15. The zero-order chi connectivity index (χ0) is 11.1. The van der Waals surface area contributed by atoms with Crippen LogP contribution in [0.15, 0.2) is 10.8 Å². The van der Waals surface area contributed by atoms with Crippen LogP contribution in [-0.2, 0) is 0 Å². The molecule has 0 fully saturated rings. The summed E-state index contributed by atoms with van der Waals surface area (Å²) in [7, 11) is 0. The number of aromatic nitrogens is 2. The average Bonchev–Trinajstić information content (AvgIpc) is 2.26. The lowest BCUT2D eigenvalue weighted by Crippen LogP contribution is -2.05. The fraction of sp³-hybridized carbons (Fsp3) is 0.400. The normalized spacial score (nSPS) is 9.40. The monoisotopic (exact) mass is 269 g/mol. The molecule has 0 atom stereocenters. The number of anilines is 1. The summed E-state index contributed by atoms with van der Waals surface area (Å²) >= 11 is 3.36. The van der Waals surface area contributed by atoms with Crippen LogP contribution in [0.25, 0.3) is 0 Å². The molecular formula is C10H12BrN3O. The Kier molecular flexibility index (Phi) is 4.91. The van der Waals surface area contributed by atoms with Crippen LogP contribution in [-0.4, -0.2) is 23.1 Å². The van der Waals surface area contributed by atoms with Crippen molar-refractivity contribution < 1.29 is 4.74 Å². The van der Waals surface area contributed by atoms with Gasteiger partial charge in [-0.2, -0.15) is 0 Å². The van der Waals surface area contributed by atoms with E-state index >= 15 is 0 Å². The molecule has 0 saturated heterocycles. The third-order valence-corrected chi connectivity index (χ3v) is 2.31. The summed E-state index contributed by atoms with van der Waals surface area (Å²) in [6.45, 7) is 3.13. The van der Waals surface area contributed by atoms with Crippen LogP contribution in [0.5, 0.6) is 5.88 Å². The van der Waals surface area contributed by atoms with Crippen molar-refractivity contribution in [2.24, 2.45) is 0 Å². The molecule has 0 aliphatic carbocycles. The van der Waals surface area contributed by atoms with Gasteiger partial charge in [0.05, 0.1) is 0 Å². The summed E-state index contributed by atoms with van der Waals surface area (Å²) in [6.07, 6.45) is 7.56. The van der Waals surface area contributed by atoms with Gasteiger partial charge >= 0.3 is 0 Å². The third-order valence-electron chi connectivity index (χ3n) is 1.59. The largest absolute Gasteiger partial charge is 0.464 e. The molecule has 0 unspecified atom stereocenters. The van der Waals surface area contributed by atoms with Crippen LogP contribution in [0.4, 0.5) is 5.82 Å². The van der Waals surface area contributed by atoms with Gasteiger partial charge in [-0.15, -0.1) is 6.42 Å². The second-order valence-corrected chi connectivity index (χ2v) is 3.55. The summed E-state index contributed by atoms with van der Waals surface area (Å²) in [4.78, 5) is 8.05. The van der Waals surface area contributed by atoms with Gasteiger partial charge in [-0.25, -0.2) is 9.97 Å². The molecule has 15 heavy (non-hydrogen) atoms. The number of terminal acetylenes is 1. The summed E-state index contributed by atoms with van der Waals surface area (Å²) in [6, 6.07) is 0. The minimum atomic E-state index is 0.197. The van der Waals surface area contributed by atoms with Gasteiger partial charge in [0.1, 0.15) is 16.6 Å². The lowest BCUT2D eigenvalue weighted by molar-refractivity contribution is 0.352. The maximum Gasteiger partial charge on any atom is 0.234 e. The van der Waals surface area contributed by atoms with E-state index in [1.54, 1.807) is 0 Å². The van der Waals surface area contributed by atoms with E-state index in [0.29, 0.717) is 10.4 Å². The van der Waals surface area contributed by atoms with Crippen molar-refractivity contribution in [3.05, 3.63) is 10.8 Å². The minimum Gasteiger partial charge on any atom is -0.464 e. The molecule has 0 saturated carbocycles. The molecule has 0 spiro atoms. The van der Waals surface area contributed by atoms with Crippen LogP contribution in [0.2, 0.25) is 0 Å². The zero-order valence-electron chi connectivity index (χ0n) is 8.46. The summed E-state index contributed by atoms with van der Waals surface area (Å²) in [5.74, 6) is 3.56. The Morgan fingerprint density at radius 2 is 2.40 bits per heavy atom. The van der Waals surface area contributed by atoms with Crippen molar-refractivity contribution >= 4 is 21.7 Å². The van der Waals surface area contributed by atoms with Gasteiger partial charge in [0.2, 0.25) is 5.88 Å². The molecule has 1 aromatic rings. The van der Waals surface area contributed by atoms with Crippen molar-refractivity contribution in [2.45, 2.75) is 13.3 Å². The van der Waals surface area contributed by atoms with Crippen molar-refractivity contribution in [3.8, 4) is 18.2 Å². The van der Waals surface area contributed by atoms with Crippen molar-refractivity contribution in [1.82, 2.24) is 9.97 Å². The molecule has 4 nitrogen and oxygen atoms in total. The number of halogens is 1. The van der Waals surface area contributed by atoms with Crippen molar-refractivity contribution in [2.75, 3.05) is 18.5 Å². The van der Waals surface area contributed by atoms with Crippen LogP contribution in [0.1, 0.15) is 13.3 Å². The predicted molar refractivity (Wildman–Crippen MR) is 62.8 cm³/mol. The van der Waals surface area contributed by atoms with E-state index in [0.717, 1.165) is 18.8 Å². The molecule has 0 bridgehead atoms. The first-order valence-corrected chi connectivity index (χ1v) is 5.39. The molecule has 5 heteroatoms. The quantitative estimate of drug-likeness (QED) is 0.832. The molecule has 0 radical (unpaired) electrons. The molecule has 0 amide bonds. The fourth-order valence-electron chi connectivity index (χ4n) is 0.931. The van der Waals surface area contributed by atoms with Gasteiger partial charge in [0.25, 0.3) is 0 Å². The van der Waals surface area contributed by atoms with Crippen molar-refractivity contribution in [3.63, 3.8) is 0 Å². The Balaban J connectivity index is 2.76. The Labute approximate surface area is 97.6 Å². The molecule has 1 aromatic heterocycles. The Hall–Kier alpha value is -1.28. The molecule has 1 heterocycles. The van der Waals surface area contributed by atoms with Gasteiger partial charge in [0.15, 0.2) is 6.61 Å². The van der Waals surface area contributed by atoms with Gasteiger partial charge in [-0.1, -0.05) is 12.8 Å².